The Hall–Kier alpha value is -1.14. The van der Waals surface area contributed by atoms with Crippen molar-refractivity contribution >= 4 is 30.1 Å². The van der Waals surface area contributed by atoms with Gasteiger partial charge in [-0.05, 0) is 19.3 Å². The average molecular weight is 346 g/mol. The van der Waals surface area contributed by atoms with Gasteiger partial charge in [0.05, 0.1) is 11.8 Å². The van der Waals surface area contributed by atoms with E-state index >= 15 is 0 Å². The van der Waals surface area contributed by atoms with Gasteiger partial charge < -0.3 is 11.1 Å². The molecule has 0 aromatic rings. The van der Waals surface area contributed by atoms with E-state index in [2.05, 4.69) is 12.2 Å². The number of fused-ring (bicyclic) bond motifs is 1. The molecule has 132 valence electrons. The van der Waals surface area contributed by atoms with Gasteiger partial charge in [0.1, 0.15) is 6.54 Å². The van der Waals surface area contributed by atoms with Gasteiger partial charge in [0, 0.05) is 12.6 Å². The van der Waals surface area contributed by atoms with E-state index in [9.17, 15) is 14.4 Å². The summed E-state index contributed by atoms with van der Waals surface area (Å²) in [5, 5.41) is 2.84. The number of carbonyl (C=O) groups is 3. The summed E-state index contributed by atoms with van der Waals surface area (Å²) in [5.41, 5.74) is 5.66. The van der Waals surface area contributed by atoms with Crippen LogP contribution >= 0.6 is 12.4 Å². The van der Waals surface area contributed by atoms with Crippen LogP contribution < -0.4 is 11.1 Å². The zero-order valence-electron chi connectivity index (χ0n) is 13.8. The summed E-state index contributed by atoms with van der Waals surface area (Å²) >= 11 is 0. The van der Waals surface area contributed by atoms with Crippen molar-refractivity contribution in [3.63, 3.8) is 0 Å². The molecule has 23 heavy (non-hydrogen) atoms. The van der Waals surface area contributed by atoms with Crippen molar-refractivity contribution in [2.75, 3.05) is 13.1 Å². The first-order valence-electron chi connectivity index (χ1n) is 8.43. The number of likely N-dealkylation sites (tertiary alicyclic amines) is 1. The summed E-state index contributed by atoms with van der Waals surface area (Å²) in [7, 11) is 0. The summed E-state index contributed by atoms with van der Waals surface area (Å²) in [4.78, 5) is 37.9. The Kier molecular flexibility index (Phi) is 7.99. The Morgan fingerprint density at radius 2 is 1.83 bits per heavy atom. The molecule has 3 unspecified atom stereocenters. The molecule has 1 heterocycles. The third-order valence-electron chi connectivity index (χ3n) is 4.79. The standard InChI is InChI=1S/C16H27N3O3.ClH/c1-2-3-6-11(9-17)18-14(20)10-19-15(21)12-7-4-5-8-13(12)16(19)22;/h11-13H,2-10,17H2,1H3,(H,18,20);1H. The average Bonchev–Trinajstić information content (AvgIpc) is 2.77. The lowest BCUT2D eigenvalue weighted by Crippen LogP contribution is -2.46. The van der Waals surface area contributed by atoms with Crippen molar-refractivity contribution in [1.29, 1.82) is 0 Å². The van der Waals surface area contributed by atoms with E-state index < -0.39 is 0 Å². The largest absolute Gasteiger partial charge is 0.351 e. The van der Waals surface area contributed by atoms with Gasteiger partial charge in [-0.1, -0.05) is 32.6 Å². The van der Waals surface area contributed by atoms with Crippen LogP contribution in [0.3, 0.4) is 0 Å². The van der Waals surface area contributed by atoms with Gasteiger partial charge in [0.2, 0.25) is 17.7 Å². The number of hydrogen-bond donors (Lipinski definition) is 2. The van der Waals surface area contributed by atoms with E-state index in [-0.39, 0.29) is 54.6 Å². The van der Waals surface area contributed by atoms with Gasteiger partial charge in [0.25, 0.3) is 0 Å². The van der Waals surface area contributed by atoms with Gasteiger partial charge in [-0.15, -0.1) is 12.4 Å². The van der Waals surface area contributed by atoms with Crippen LogP contribution in [-0.4, -0.2) is 41.8 Å². The summed E-state index contributed by atoms with van der Waals surface area (Å²) < 4.78 is 0. The molecule has 3 atom stereocenters. The molecule has 0 spiro atoms. The van der Waals surface area contributed by atoms with Crippen molar-refractivity contribution in [2.45, 2.75) is 57.9 Å². The molecule has 1 aliphatic heterocycles. The molecule has 1 saturated heterocycles. The molecule has 3 amide bonds. The van der Waals surface area contributed by atoms with Gasteiger partial charge >= 0.3 is 0 Å². The van der Waals surface area contributed by atoms with Crippen LogP contribution in [0.2, 0.25) is 0 Å². The molecule has 0 aromatic carbocycles. The molecule has 7 heteroatoms. The number of nitrogens with one attached hydrogen (secondary N) is 1. The highest BCUT2D eigenvalue weighted by molar-refractivity contribution is 6.07. The SMILES string of the molecule is CCCCC(CN)NC(=O)CN1C(=O)C2CCCCC2C1=O.Cl. The zero-order valence-corrected chi connectivity index (χ0v) is 14.6. The van der Waals surface area contributed by atoms with E-state index in [1.165, 1.54) is 0 Å². The molecule has 1 saturated carbocycles. The van der Waals surface area contributed by atoms with Crippen molar-refractivity contribution in [2.24, 2.45) is 17.6 Å². The number of halogens is 1. The Morgan fingerprint density at radius 1 is 1.26 bits per heavy atom. The van der Waals surface area contributed by atoms with Crippen LogP contribution in [-0.2, 0) is 14.4 Å². The highest BCUT2D eigenvalue weighted by atomic mass is 35.5. The molecule has 2 aliphatic rings. The van der Waals surface area contributed by atoms with E-state index in [0.29, 0.717) is 6.54 Å². The summed E-state index contributed by atoms with van der Waals surface area (Å²) in [5.74, 6) is -1.00. The Balaban J connectivity index is 0.00000264. The monoisotopic (exact) mass is 345 g/mol. The first-order valence-corrected chi connectivity index (χ1v) is 8.43. The minimum Gasteiger partial charge on any atom is -0.351 e. The number of nitrogens with two attached hydrogens (primary N) is 1. The summed E-state index contributed by atoms with van der Waals surface area (Å²) in [6.45, 7) is 2.30. The first kappa shape index (κ1) is 19.9. The maximum Gasteiger partial charge on any atom is 0.240 e. The predicted octanol–water partition coefficient (Wildman–Crippen LogP) is 1.22. The normalized spacial score (nSPS) is 24.9. The number of amides is 3. The second-order valence-electron chi connectivity index (χ2n) is 6.40. The van der Waals surface area contributed by atoms with E-state index in [1.807, 2.05) is 0 Å². The number of imide groups is 1. The number of hydrogen-bond acceptors (Lipinski definition) is 4. The smallest absolute Gasteiger partial charge is 0.240 e. The number of unbranched alkanes of at least 4 members (excludes halogenated alkanes) is 1. The lowest BCUT2D eigenvalue weighted by atomic mass is 9.81. The van der Waals surface area contributed by atoms with Crippen molar-refractivity contribution in [3.8, 4) is 0 Å². The Labute approximate surface area is 143 Å². The maximum atomic E-state index is 12.3. The first-order chi connectivity index (χ1) is 10.6. The van der Waals surface area contributed by atoms with Crippen LogP contribution in [0.5, 0.6) is 0 Å². The summed E-state index contributed by atoms with van der Waals surface area (Å²) in [6, 6.07) is -0.0810. The van der Waals surface area contributed by atoms with Crippen LogP contribution in [0.4, 0.5) is 0 Å². The minimum absolute atomic E-state index is 0. The van der Waals surface area contributed by atoms with E-state index in [4.69, 9.17) is 5.73 Å². The number of nitrogens with zero attached hydrogens (tertiary/aromatic N) is 1. The fourth-order valence-electron chi connectivity index (χ4n) is 3.50. The molecule has 2 rings (SSSR count). The Morgan fingerprint density at radius 3 is 2.30 bits per heavy atom. The van der Waals surface area contributed by atoms with Crippen LogP contribution in [0.25, 0.3) is 0 Å². The van der Waals surface area contributed by atoms with Crippen LogP contribution in [0, 0.1) is 11.8 Å². The molecule has 0 aromatic heterocycles. The van der Waals surface area contributed by atoms with Gasteiger partial charge in [-0.2, -0.15) is 0 Å². The molecular formula is C16H28ClN3O3. The molecule has 0 radical (unpaired) electrons. The second kappa shape index (κ2) is 9.23. The summed E-state index contributed by atoms with van der Waals surface area (Å²) in [6.07, 6.45) is 6.39. The van der Waals surface area contributed by atoms with Crippen molar-refractivity contribution in [1.82, 2.24) is 10.2 Å². The molecule has 3 N–H and O–H groups in total. The van der Waals surface area contributed by atoms with Gasteiger partial charge in [0.15, 0.2) is 0 Å². The van der Waals surface area contributed by atoms with Crippen molar-refractivity contribution < 1.29 is 14.4 Å². The molecular weight excluding hydrogens is 318 g/mol. The van der Waals surface area contributed by atoms with Gasteiger partial charge in [-0.25, -0.2) is 0 Å². The quantitative estimate of drug-likeness (QED) is 0.678. The number of rotatable bonds is 7. The lowest BCUT2D eigenvalue weighted by Gasteiger charge is -2.19. The highest BCUT2D eigenvalue weighted by Crippen LogP contribution is 2.37. The fraction of sp³-hybridized carbons (Fsp3) is 0.812. The third-order valence-corrected chi connectivity index (χ3v) is 4.79. The van der Waals surface area contributed by atoms with E-state index in [0.717, 1.165) is 49.8 Å². The maximum absolute atomic E-state index is 12.3. The highest BCUT2D eigenvalue weighted by Gasteiger charge is 2.48. The van der Waals surface area contributed by atoms with Crippen LogP contribution in [0.1, 0.15) is 51.9 Å². The molecule has 1 aliphatic carbocycles. The molecule has 6 nitrogen and oxygen atoms in total. The minimum atomic E-state index is -0.285. The topological polar surface area (TPSA) is 92.5 Å². The molecule has 2 fully saturated rings. The number of carbonyl (C=O) groups excluding carboxylic acids is 3. The van der Waals surface area contributed by atoms with Crippen LogP contribution in [0.15, 0.2) is 0 Å². The predicted molar refractivity (Wildman–Crippen MR) is 89.9 cm³/mol. The third kappa shape index (κ3) is 4.67. The second-order valence-corrected chi connectivity index (χ2v) is 6.40. The zero-order chi connectivity index (χ0) is 16.1. The Bertz CT molecular complexity index is 420. The van der Waals surface area contributed by atoms with Crippen molar-refractivity contribution in [3.05, 3.63) is 0 Å². The van der Waals surface area contributed by atoms with E-state index in [1.54, 1.807) is 0 Å². The molecule has 0 bridgehead atoms. The lowest BCUT2D eigenvalue weighted by molar-refractivity contribution is -0.143. The fourth-order valence-corrected chi connectivity index (χ4v) is 3.50. The van der Waals surface area contributed by atoms with Gasteiger partial charge in [-0.3, -0.25) is 19.3 Å².